The summed E-state index contributed by atoms with van der Waals surface area (Å²) in [6, 6.07) is 6.96. The number of likely N-dealkylation sites (tertiary alicyclic amines) is 1. The Kier molecular flexibility index (Phi) is 3.47. The third-order valence-corrected chi connectivity index (χ3v) is 4.34. The van der Waals surface area contributed by atoms with Crippen LogP contribution in [-0.4, -0.2) is 36.1 Å². The molecule has 0 saturated carbocycles. The van der Waals surface area contributed by atoms with Gasteiger partial charge in [0.25, 0.3) is 0 Å². The van der Waals surface area contributed by atoms with E-state index in [4.69, 9.17) is 4.74 Å². The minimum Gasteiger partial charge on any atom is -0.497 e. The van der Waals surface area contributed by atoms with Crippen LogP contribution in [0.2, 0.25) is 0 Å². The molecular weight excluding hydrogens is 236 g/mol. The maximum atomic E-state index is 5.33. The number of ether oxygens (including phenoxy) is 1. The summed E-state index contributed by atoms with van der Waals surface area (Å²) in [5, 5.41) is 1.31. The van der Waals surface area contributed by atoms with Crippen molar-refractivity contribution >= 4 is 10.9 Å². The van der Waals surface area contributed by atoms with Crippen LogP contribution in [0.25, 0.3) is 10.9 Å². The molecule has 1 saturated heterocycles. The van der Waals surface area contributed by atoms with Crippen molar-refractivity contribution in [2.45, 2.75) is 32.2 Å². The van der Waals surface area contributed by atoms with E-state index in [-0.39, 0.29) is 0 Å². The number of likely N-dealkylation sites (N-methyl/N-ethyl adjacent to an activating group) is 1. The maximum Gasteiger partial charge on any atom is 0.119 e. The molecule has 3 rings (SSSR count). The number of H-pyrrole nitrogens is 1. The third-order valence-electron chi connectivity index (χ3n) is 4.34. The molecule has 0 bridgehead atoms. The highest BCUT2D eigenvalue weighted by Crippen LogP contribution is 2.27. The normalized spacial score (nSPS) is 20.2. The fourth-order valence-corrected chi connectivity index (χ4v) is 3.25. The van der Waals surface area contributed by atoms with E-state index in [1.54, 1.807) is 7.11 Å². The van der Waals surface area contributed by atoms with Crippen molar-refractivity contribution in [1.82, 2.24) is 9.88 Å². The molecule has 1 aromatic carbocycles. The van der Waals surface area contributed by atoms with Gasteiger partial charge in [-0.3, -0.25) is 0 Å². The number of fused-ring (bicyclic) bond motifs is 1. The summed E-state index contributed by atoms with van der Waals surface area (Å²) in [5.74, 6) is 0.937. The van der Waals surface area contributed by atoms with E-state index >= 15 is 0 Å². The molecule has 1 N–H and O–H groups in total. The van der Waals surface area contributed by atoms with Crippen LogP contribution in [0.5, 0.6) is 5.75 Å². The Morgan fingerprint density at radius 1 is 1.42 bits per heavy atom. The molecule has 2 aromatic rings. The Hall–Kier alpha value is -1.48. The second-order valence-corrected chi connectivity index (χ2v) is 5.35. The number of nitrogens with zero attached hydrogens (tertiary/aromatic N) is 1. The third kappa shape index (κ3) is 2.35. The van der Waals surface area contributed by atoms with Crippen LogP contribution in [0.4, 0.5) is 0 Å². The number of aromatic nitrogens is 1. The Labute approximate surface area is 114 Å². The Morgan fingerprint density at radius 2 is 2.32 bits per heavy atom. The van der Waals surface area contributed by atoms with Gasteiger partial charge in [-0.25, -0.2) is 0 Å². The summed E-state index contributed by atoms with van der Waals surface area (Å²) in [6.45, 7) is 4.68. The molecule has 0 spiro atoms. The van der Waals surface area contributed by atoms with Crippen molar-refractivity contribution in [3.05, 3.63) is 30.0 Å². The van der Waals surface area contributed by atoms with E-state index in [1.807, 2.05) is 6.07 Å². The smallest absolute Gasteiger partial charge is 0.119 e. The van der Waals surface area contributed by atoms with Gasteiger partial charge in [-0.2, -0.15) is 0 Å². The van der Waals surface area contributed by atoms with Crippen molar-refractivity contribution in [3.63, 3.8) is 0 Å². The van der Waals surface area contributed by atoms with E-state index in [0.29, 0.717) is 6.04 Å². The van der Waals surface area contributed by atoms with Crippen LogP contribution < -0.4 is 4.74 Å². The largest absolute Gasteiger partial charge is 0.497 e. The molecule has 2 heterocycles. The highest BCUT2D eigenvalue weighted by Gasteiger charge is 2.23. The zero-order valence-electron chi connectivity index (χ0n) is 11.8. The van der Waals surface area contributed by atoms with Gasteiger partial charge in [-0.15, -0.1) is 0 Å². The van der Waals surface area contributed by atoms with Gasteiger partial charge in [0.1, 0.15) is 5.75 Å². The molecule has 0 radical (unpaired) electrons. The SMILES string of the molecule is CCN1CCC[C@@H]1Cc1c[nH]c2ccc(OC)cc12. The Morgan fingerprint density at radius 3 is 3.11 bits per heavy atom. The lowest BCUT2D eigenvalue weighted by molar-refractivity contribution is 0.266. The van der Waals surface area contributed by atoms with Crippen molar-refractivity contribution in [2.75, 3.05) is 20.2 Å². The zero-order chi connectivity index (χ0) is 13.2. The number of hydrogen-bond acceptors (Lipinski definition) is 2. The molecule has 0 amide bonds. The van der Waals surface area contributed by atoms with Gasteiger partial charge in [0.2, 0.25) is 0 Å². The van der Waals surface area contributed by atoms with E-state index < -0.39 is 0 Å². The van der Waals surface area contributed by atoms with E-state index in [2.05, 4.69) is 35.1 Å². The fraction of sp³-hybridized carbons (Fsp3) is 0.500. The Bertz CT molecular complexity index is 561. The molecular formula is C16H22N2O. The Balaban J connectivity index is 1.88. The molecule has 3 heteroatoms. The quantitative estimate of drug-likeness (QED) is 0.912. The molecule has 102 valence electrons. The number of hydrogen-bond donors (Lipinski definition) is 1. The predicted molar refractivity (Wildman–Crippen MR) is 78.8 cm³/mol. The number of rotatable bonds is 4. The molecule has 0 aliphatic carbocycles. The first-order valence-electron chi connectivity index (χ1n) is 7.20. The highest BCUT2D eigenvalue weighted by molar-refractivity contribution is 5.84. The summed E-state index contributed by atoms with van der Waals surface area (Å²) in [6.07, 6.45) is 5.96. The first kappa shape index (κ1) is 12.5. The van der Waals surface area contributed by atoms with Crippen LogP contribution in [0.15, 0.2) is 24.4 Å². The van der Waals surface area contributed by atoms with Gasteiger partial charge in [-0.05, 0) is 56.1 Å². The standard InChI is InChI=1S/C16H22N2O/c1-3-18-8-4-5-13(18)9-12-11-17-16-7-6-14(19-2)10-15(12)16/h6-7,10-11,13,17H,3-5,8-9H2,1-2H3/t13-/m1/s1. The number of methoxy groups -OCH3 is 1. The highest BCUT2D eigenvalue weighted by atomic mass is 16.5. The van der Waals surface area contributed by atoms with Crippen molar-refractivity contribution in [1.29, 1.82) is 0 Å². The number of aromatic amines is 1. The van der Waals surface area contributed by atoms with Crippen molar-refractivity contribution in [3.8, 4) is 5.75 Å². The molecule has 1 atom stereocenters. The second-order valence-electron chi connectivity index (χ2n) is 5.35. The second kappa shape index (κ2) is 5.25. The van der Waals surface area contributed by atoms with Crippen LogP contribution >= 0.6 is 0 Å². The summed E-state index contributed by atoms with van der Waals surface area (Å²) in [7, 11) is 1.73. The maximum absolute atomic E-state index is 5.33. The van der Waals surface area contributed by atoms with Crippen LogP contribution in [0.3, 0.4) is 0 Å². The van der Waals surface area contributed by atoms with Crippen LogP contribution in [0, 0.1) is 0 Å². The topological polar surface area (TPSA) is 28.3 Å². The van der Waals surface area contributed by atoms with Crippen molar-refractivity contribution in [2.24, 2.45) is 0 Å². The summed E-state index contributed by atoms with van der Waals surface area (Å²) < 4.78 is 5.33. The lowest BCUT2D eigenvalue weighted by Crippen LogP contribution is -2.30. The summed E-state index contributed by atoms with van der Waals surface area (Å²) >= 11 is 0. The molecule has 1 fully saturated rings. The minimum absolute atomic E-state index is 0.704. The molecule has 1 aliphatic heterocycles. The van der Waals surface area contributed by atoms with Crippen LogP contribution in [0.1, 0.15) is 25.3 Å². The van der Waals surface area contributed by atoms with Gasteiger partial charge in [0, 0.05) is 23.1 Å². The van der Waals surface area contributed by atoms with Crippen molar-refractivity contribution < 1.29 is 4.74 Å². The fourth-order valence-electron chi connectivity index (χ4n) is 3.25. The van der Waals surface area contributed by atoms with Gasteiger partial charge in [0.15, 0.2) is 0 Å². The van der Waals surface area contributed by atoms with Gasteiger partial charge in [0.05, 0.1) is 7.11 Å². The van der Waals surface area contributed by atoms with Gasteiger partial charge < -0.3 is 14.6 Å². The van der Waals surface area contributed by atoms with E-state index in [9.17, 15) is 0 Å². The average molecular weight is 258 g/mol. The lowest BCUT2D eigenvalue weighted by atomic mass is 10.0. The zero-order valence-corrected chi connectivity index (χ0v) is 11.8. The summed E-state index contributed by atoms with van der Waals surface area (Å²) in [5.41, 5.74) is 2.62. The van der Waals surface area contributed by atoms with Crippen LogP contribution in [-0.2, 0) is 6.42 Å². The predicted octanol–water partition coefficient (Wildman–Crippen LogP) is 3.20. The monoisotopic (exact) mass is 258 g/mol. The average Bonchev–Trinajstić information content (AvgIpc) is 3.06. The number of benzene rings is 1. The van der Waals surface area contributed by atoms with Gasteiger partial charge >= 0.3 is 0 Å². The molecule has 1 aliphatic rings. The first-order chi connectivity index (χ1) is 9.31. The molecule has 0 unspecified atom stereocenters. The minimum atomic E-state index is 0.704. The lowest BCUT2D eigenvalue weighted by Gasteiger charge is -2.22. The summed E-state index contributed by atoms with van der Waals surface area (Å²) in [4.78, 5) is 5.97. The van der Waals surface area contributed by atoms with Gasteiger partial charge in [-0.1, -0.05) is 6.92 Å². The number of nitrogens with one attached hydrogen (secondary N) is 1. The van der Waals surface area contributed by atoms with E-state index in [0.717, 1.165) is 18.7 Å². The molecule has 3 nitrogen and oxygen atoms in total. The molecule has 19 heavy (non-hydrogen) atoms. The first-order valence-corrected chi connectivity index (χ1v) is 7.20. The molecule has 1 aromatic heterocycles. The van der Waals surface area contributed by atoms with E-state index in [1.165, 1.54) is 35.9 Å².